The number of carbonyl (C=O) groups excluding carboxylic acids is 2. The van der Waals surface area contributed by atoms with Gasteiger partial charge in [0.1, 0.15) is 23.0 Å². The molecule has 0 unspecified atom stereocenters. The highest BCUT2D eigenvalue weighted by atomic mass is 35.5. The summed E-state index contributed by atoms with van der Waals surface area (Å²) >= 11 is 4.95. The van der Waals surface area contributed by atoms with Crippen LogP contribution >= 0.6 is 11.6 Å². The first-order valence-electron chi connectivity index (χ1n) is 12.2. The molecular weight excluding hydrogens is 556 g/mol. The largest absolute Gasteiger partial charge is 0.418 e. The van der Waals surface area contributed by atoms with E-state index in [2.05, 4.69) is 20.4 Å². The van der Waals surface area contributed by atoms with E-state index in [0.29, 0.717) is 28.8 Å². The molecule has 0 aliphatic carbocycles. The van der Waals surface area contributed by atoms with Gasteiger partial charge in [-0.2, -0.15) is 0 Å². The number of nitrogens with one attached hydrogen (secondary N) is 1. The minimum absolute atomic E-state index is 0.0155. The van der Waals surface area contributed by atoms with Gasteiger partial charge in [0, 0.05) is 34.6 Å². The molecule has 4 aromatic rings. The molecule has 12 nitrogen and oxygen atoms in total. The maximum atomic E-state index is 11.6. The van der Waals surface area contributed by atoms with Crippen LogP contribution in [0.2, 0.25) is 0 Å². The van der Waals surface area contributed by atoms with Crippen LogP contribution in [0.4, 0.5) is 21.2 Å². The van der Waals surface area contributed by atoms with Crippen LogP contribution < -0.4 is 20.5 Å². The molecule has 5 N–H and O–H groups in total. The normalized spacial score (nSPS) is 10.8. The molecule has 0 radical (unpaired) electrons. The number of carbonyl (C=O) groups is 2. The first kappa shape index (κ1) is 32.8. The van der Waals surface area contributed by atoms with Crippen molar-refractivity contribution in [2.24, 2.45) is 0 Å². The van der Waals surface area contributed by atoms with E-state index in [0.717, 1.165) is 0 Å². The van der Waals surface area contributed by atoms with Crippen molar-refractivity contribution >= 4 is 34.8 Å². The Morgan fingerprint density at radius 2 is 1.29 bits per heavy atom. The minimum Gasteiger partial charge on any atom is -0.415 e. The summed E-state index contributed by atoms with van der Waals surface area (Å²) in [6, 6.07) is 20.5. The second-order valence-electron chi connectivity index (χ2n) is 9.76. The summed E-state index contributed by atoms with van der Waals surface area (Å²) < 4.78 is 19.6. The zero-order chi connectivity index (χ0) is 30.5. The molecule has 4 rings (SSSR count). The number of hydrogen-bond acceptors (Lipinski definition) is 11. The molecule has 0 saturated carbocycles. The van der Waals surface area contributed by atoms with Crippen molar-refractivity contribution in [2.45, 2.75) is 38.5 Å². The summed E-state index contributed by atoms with van der Waals surface area (Å²) in [6.45, 7) is 7.25. The van der Waals surface area contributed by atoms with Gasteiger partial charge in [-0.25, -0.2) is 9.59 Å². The molecule has 13 heteroatoms. The Balaban J connectivity index is 0.000000236. The molecule has 0 fully saturated rings. The summed E-state index contributed by atoms with van der Waals surface area (Å²) in [5.74, 6) is 2.57. The number of ether oxygens (including phenoxy) is 2. The third-order valence-corrected chi connectivity index (χ3v) is 5.37. The van der Waals surface area contributed by atoms with Gasteiger partial charge in [0.05, 0.1) is 13.2 Å². The maximum absolute atomic E-state index is 11.6. The van der Waals surface area contributed by atoms with Crippen molar-refractivity contribution in [1.82, 2.24) is 10.3 Å². The lowest BCUT2D eigenvalue weighted by molar-refractivity contribution is 0.187. The van der Waals surface area contributed by atoms with E-state index >= 15 is 0 Å². The molecule has 0 atom stereocenters. The lowest BCUT2D eigenvalue weighted by Gasteiger charge is -2.16. The summed E-state index contributed by atoms with van der Waals surface area (Å²) in [4.78, 5) is 21.8. The number of nitrogens with zero attached hydrogens (tertiary/aromatic N) is 2. The number of aliphatic hydroxyl groups is 2. The molecule has 2 aromatic heterocycles. The Morgan fingerprint density at radius 3 is 1.73 bits per heavy atom. The van der Waals surface area contributed by atoms with E-state index in [1.165, 1.54) is 0 Å². The number of benzene rings is 2. The first-order valence-corrected chi connectivity index (χ1v) is 12.6. The summed E-state index contributed by atoms with van der Waals surface area (Å²) in [5.41, 5.74) is 3.57. The Bertz CT molecular complexity index is 1360. The van der Waals surface area contributed by atoms with Crippen LogP contribution in [-0.2, 0) is 10.8 Å². The van der Waals surface area contributed by atoms with Gasteiger partial charge in [-0.15, -0.1) is 0 Å². The Kier molecular flexibility index (Phi) is 12.3. The van der Waals surface area contributed by atoms with E-state index in [-0.39, 0.29) is 19.0 Å². The first-order chi connectivity index (χ1) is 19.4. The van der Waals surface area contributed by atoms with E-state index in [4.69, 9.17) is 36.2 Å². The van der Waals surface area contributed by atoms with Crippen LogP contribution in [-0.4, -0.2) is 45.3 Å². The molecule has 0 saturated heterocycles. The van der Waals surface area contributed by atoms with E-state index in [9.17, 15) is 14.7 Å². The number of halogens is 1. The highest BCUT2D eigenvalue weighted by Crippen LogP contribution is 2.25. The lowest BCUT2D eigenvalue weighted by Crippen LogP contribution is -2.21. The Hall–Kier alpha value is -4.39. The van der Waals surface area contributed by atoms with Crippen LogP contribution in [0.1, 0.15) is 39.2 Å². The minimum atomic E-state index is -0.814. The number of para-hydroxylation sites is 2. The fourth-order valence-electron chi connectivity index (χ4n) is 2.72. The van der Waals surface area contributed by atoms with E-state index in [1.807, 2.05) is 26.0 Å². The van der Waals surface area contributed by atoms with Crippen molar-refractivity contribution in [1.29, 1.82) is 0 Å². The summed E-state index contributed by atoms with van der Waals surface area (Å²) in [5, 5.41) is 27.9. The van der Waals surface area contributed by atoms with Gasteiger partial charge in [0.2, 0.25) is 0 Å². The van der Waals surface area contributed by atoms with Gasteiger partial charge in [-0.3, -0.25) is 5.32 Å². The average Bonchev–Trinajstić information content (AvgIpc) is 3.60. The zero-order valence-corrected chi connectivity index (χ0v) is 23.8. The van der Waals surface area contributed by atoms with E-state index < -0.39 is 22.4 Å². The molecule has 41 heavy (non-hydrogen) atoms. The highest BCUT2D eigenvalue weighted by molar-refractivity contribution is 6.61. The smallest absolute Gasteiger partial charge is 0.415 e. The average molecular weight is 589 g/mol. The number of nitrogens with two attached hydrogens (primary N) is 1. The van der Waals surface area contributed by atoms with Crippen LogP contribution in [0.3, 0.4) is 0 Å². The Morgan fingerprint density at radius 1 is 0.829 bits per heavy atom. The summed E-state index contributed by atoms with van der Waals surface area (Å²) in [6.07, 6.45) is -0.655. The maximum Gasteiger partial charge on any atom is 0.418 e. The molecule has 2 heterocycles. The number of nitrogen functional groups attached to an aromatic ring is 1. The van der Waals surface area contributed by atoms with Gasteiger partial charge in [0.15, 0.2) is 11.6 Å². The molecule has 0 spiro atoms. The Labute approximate surface area is 242 Å². The van der Waals surface area contributed by atoms with Crippen molar-refractivity contribution in [3.8, 4) is 11.5 Å². The van der Waals surface area contributed by atoms with Crippen LogP contribution in [0, 0.1) is 0 Å². The van der Waals surface area contributed by atoms with Crippen molar-refractivity contribution < 1.29 is 38.3 Å². The number of aliphatic hydroxyl groups excluding tert-OH is 2. The van der Waals surface area contributed by atoms with Crippen LogP contribution in [0.25, 0.3) is 0 Å². The number of aromatic nitrogens is 2. The number of hydrogen-bond donors (Lipinski definition) is 4. The number of anilines is 2. The standard InChI is InChI=1S/C14H16N2O4.C7H5ClO2.C7H12N2O2/c1-14(2,9-17)11-8-12(16-20-11)15-13(18)19-10-6-4-3-5-7-10;8-7(9)10-6-4-2-1-3-5-6;1-7(2,4-10)5-3-6(8)9-11-5/h3-8,17H,9H2,1-2H3,(H,15,16,18);1-5H;3,10H,4H2,1-2H3,(H2,8,9). The SMILES string of the molecule is CC(C)(CO)c1cc(N)no1.CC(C)(CO)c1cc(NC(=O)Oc2ccccc2)no1.O=C(Cl)Oc1ccccc1. The molecule has 1 amide bonds. The highest BCUT2D eigenvalue weighted by Gasteiger charge is 2.25. The molecule has 0 aliphatic rings. The predicted molar refractivity (Wildman–Crippen MR) is 152 cm³/mol. The third kappa shape index (κ3) is 11.3. The van der Waals surface area contributed by atoms with Gasteiger partial charge >= 0.3 is 11.5 Å². The molecule has 2 aromatic carbocycles. The second-order valence-corrected chi connectivity index (χ2v) is 10.1. The van der Waals surface area contributed by atoms with Gasteiger partial charge < -0.3 is 34.5 Å². The third-order valence-electron chi connectivity index (χ3n) is 5.29. The number of amides is 1. The van der Waals surface area contributed by atoms with Gasteiger partial charge in [-0.05, 0) is 24.3 Å². The fourth-order valence-corrected chi connectivity index (χ4v) is 2.81. The molecule has 0 aliphatic heterocycles. The second kappa shape index (κ2) is 15.4. The van der Waals surface area contributed by atoms with Crippen molar-refractivity contribution in [3.05, 3.63) is 84.3 Å². The van der Waals surface area contributed by atoms with Gasteiger partial charge in [-0.1, -0.05) is 74.4 Å². The molecular formula is C28H33ClN4O8. The quantitative estimate of drug-likeness (QED) is 0.200. The molecule has 220 valence electrons. The fraction of sp³-hybridized carbons (Fsp3) is 0.286. The monoisotopic (exact) mass is 588 g/mol. The van der Waals surface area contributed by atoms with Crippen molar-refractivity contribution in [2.75, 3.05) is 24.3 Å². The van der Waals surface area contributed by atoms with E-state index in [1.54, 1.807) is 74.5 Å². The summed E-state index contributed by atoms with van der Waals surface area (Å²) in [7, 11) is 0. The van der Waals surface area contributed by atoms with Crippen LogP contribution in [0.15, 0.2) is 81.8 Å². The lowest BCUT2D eigenvalue weighted by atomic mass is 9.92. The predicted octanol–water partition coefficient (Wildman–Crippen LogP) is 5.51. The number of rotatable bonds is 7. The van der Waals surface area contributed by atoms with Crippen molar-refractivity contribution in [3.63, 3.8) is 0 Å². The van der Waals surface area contributed by atoms with Crippen LogP contribution in [0.5, 0.6) is 11.5 Å². The molecule has 0 bridgehead atoms. The topological polar surface area (TPSA) is 183 Å². The zero-order valence-electron chi connectivity index (χ0n) is 23.0. The van der Waals surface area contributed by atoms with Gasteiger partial charge in [0.25, 0.3) is 0 Å².